The van der Waals surface area contributed by atoms with E-state index in [1.165, 1.54) is 11.3 Å². The summed E-state index contributed by atoms with van der Waals surface area (Å²) in [6.07, 6.45) is 0.949. The Morgan fingerprint density at radius 1 is 1.75 bits per heavy atom. The number of hydrogen-bond acceptors (Lipinski definition) is 2. The first-order valence-corrected chi connectivity index (χ1v) is 5.02. The van der Waals surface area contributed by atoms with E-state index in [9.17, 15) is 4.79 Å². The molecule has 0 atom stereocenters. The number of carbonyl (C=O) groups is 1. The Hall–Kier alpha value is -0.540. The molecule has 12 heavy (non-hydrogen) atoms. The van der Waals surface area contributed by atoms with E-state index in [-0.39, 0.29) is 5.91 Å². The lowest BCUT2D eigenvalue weighted by atomic mass is 10.4. The average molecular weight is 204 g/mol. The van der Waals surface area contributed by atoms with E-state index in [2.05, 4.69) is 5.32 Å². The summed E-state index contributed by atoms with van der Waals surface area (Å²) >= 11 is 7.03. The van der Waals surface area contributed by atoms with Crippen molar-refractivity contribution < 1.29 is 4.79 Å². The summed E-state index contributed by atoms with van der Waals surface area (Å²) in [5.41, 5.74) is 0. The molecule has 0 saturated heterocycles. The number of rotatable bonds is 3. The molecule has 0 fully saturated rings. The number of carbonyl (C=O) groups excluding carboxylic acids is 1. The van der Waals surface area contributed by atoms with Crippen molar-refractivity contribution in [3.63, 3.8) is 0 Å². The molecular weight excluding hydrogens is 194 g/mol. The number of amides is 1. The molecule has 0 aliphatic rings. The lowest BCUT2D eigenvalue weighted by Gasteiger charge is -1.98. The highest BCUT2D eigenvalue weighted by molar-refractivity contribution is 7.12. The van der Waals surface area contributed by atoms with Crippen LogP contribution < -0.4 is 5.32 Å². The van der Waals surface area contributed by atoms with Gasteiger partial charge in [-0.2, -0.15) is 0 Å². The molecule has 1 aromatic heterocycles. The number of halogens is 1. The van der Waals surface area contributed by atoms with E-state index in [0.29, 0.717) is 16.4 Å². The highest BCUT2D eigenvalue weighted by Gasteiger charge is 2.06. The zero-order chi connectivity index (χ0) is 8.97. The normalized spacial score (nSPS) is 9.83. The largest absolute Gasteiger partial charge is 0.351 e. The molecule has 4 heteroatoms. The van der Waals surface area contributed by atoms with Crippen LogP contribution in [-0.2, 0) is 0 Å². The predicted molar refractivity (Wildman–Crippen MR) is 52.0 cm³/mol. The van der Waals surface area contributed by atoms with Crippen LogP contribution in [0, 0.1) is 0 Å². The second-order valence-corrected chi connectivity index (χ2v) is 3.73. The van der Waals surface area contributed by atoms with Crippen LogP contribution in [0.3, 0.4) is 0 Å². The van der Waals surface area contributed by atoms with Crippen molar-refractivity contribution in [1.29, 1.82) is 0 Å². The zero-order valence-corrected chi connectivity index (χ0v) is 8.34. The summed E-state index contributed by atoms with van der Waals surface area (Å²) < 4.78 is 0. The van der Waals surface area contributed by atoms with Gasteiger partial charge in [0.1, 0.15) is 0 Å². The van der Waals surface area contributed by atoms with Crippen LogP contribution in [0.4, 0.5) is 0 Å². The van der Waals surface area contributed by atoms with E-state index < -0.39 is 0 Å². The van der Waals surface area contributed by atoms with Crippen LogP contribution in [0.15, 0.2) is 11.4 Å². The molecule has 1 rings (SSSR count). The molecule has 0 radical (unpaired) electrons. The van der Waals surface area contributed by atoms with E-state index in [1.807, 2.05) is 6.92 Å². The van der Waals surface area contributed by atoms with Crippen LogP contribution in [0.25, 0.3) is 0 Å². The topological polar surface area (TPSA) is 29.1 Å². The van der Waals surface area contributed by atoms with Gasteiger partial charge in [-0.3, -0.25) is 4.79 Å². The molecule has 0 aliphatic heterocycles. The highest BCUT2D eigenvalue weighted by atomic mass is 35.5. The van der Waals surface area contributed by atoms with Crippen LogP contribution in [0.5, 0.6) is 0 Å². The standard InChI is InChI=1S/C8H10ClNOS/c1-2-3-10-8(11)7-4-6(9)5-12-7/h4-5H,2-3H2,1H3,(H,10,11). The van der Waals surface area contributed by atoms with Crippen LogP contribution >= 0.6 is 22.9 Å². The van der Waals surface area contributed by atoms with Gasteiger partial charge >= 0.3 is 0 Å². The predicted octanol–water partition coefficient (Wildman–Crippen LogP) is 2.54. The van der Waals surface area contributed by atoms with Gasteiger partial charge in [0.15, 0.2) is 0 Å². The minimum absolute atomic E-state index is 0.0336. The van der Waals surface area contributed by atoms with Crippen molar-refractivity contribution in [2.45, 2.75) is 13.3 Å². The summed E-state index contributed by atoms with van der Waals surface area (Å²) in [5, 5.41) is 5.15. The fraction of sp³-hybridized carbons (Fsp3) is 0.375. The minimum atomic E-state index is -0.0336. The Kier molecular flexibility index (Phi) is 3.56. The van der Waals surface area contributed by atoms with Gasteiger partial charge < -0.3 is 5.32 Å². The SMILES string of the molecule is CCCNC(=O)c1cc(Cl)cs1. The van der Waals surface area contributed by atoms with Gasteiger partial charge in [-0.25, -0.2) is 0 Å². The fourth-order valence-corrected chi connectivity index (χ4v) is 1.75. The van der Waals surface area contributed by atoms with E-state index in [0.717, 1.165) is 6.42 Å². The molecular formula is C8H10ClNOS. The Morgan fingerprint density at radius 2 is 2.50 bits per heavy atom. The van der Waals surface area contributed by atoms with Crippen molar-refractivity contribution in [3.05, 3.63) is 21.3 Å². The summed E-state index contributed by atoms with van der Waals surface area (Å²) in [7, 11) is 0. The quantitative estimate of drug-likeness (QED) is 0.804. The number of hydrogen-bond donors (Lipinski definition) is 1. The van der Waals surface area contributed by atoms with E-state index in [4.69, 9.17) is 11.6 Å². The lowest BCUT2D eigenvalue weighted by Crippen LogP contribution is -2.22. The summed E-state index contributed by atoms with van der Waals surface area (Å²) in [6, 6.07) is 1.68. The maximum absolute atomic E-state index is 11.3. The Labute approximate surface area is 80.5 Å². The van der Waals surface area contributed by atoms with Gasteiger partial charge in [-0.1, -0.05) is 18.5 Å². The van der Waals surface area contributed by atoms with Gasteiger partial charge in [-0.05, 0) is 12.5 Å². The molecule has 1 amide bonds. The molecule has 1 aromatic rings. The van der Waals surface area contributed by atoms with Crippen molar-refractivity contribution >= 4 is 28.8 Å². The van der Waals surface area contributed by atoms with Crippen molar-refractivity contribution in [2.24, 2.45) is 0 Å². The molecule has 2 nitrogen and oxygen atoms in total. The number of nitrogens with one attached hydrogen (secondary N) is 1. The van der Waals surface area contributed by atoms with E-state index >= 15 is 0 Å². The maximum atomic E-state index is 11.3. The summed E-state index contributed by atoms with van der Waals surface area (Å²) in [4.78, 5) is 11.9. The van der Waals surface area contributed by atoms with Crippen molar-refractivity contribution in [1.82, 2.24) is 5.32 Å². The van der Waals surface area contributed by atoms with Crippen LogP contribution in [0.2, 0.25) is 5.02 Å². The van der Waals surface area contributed by atoms with Gasteiger partial charge in [-0.15, -0.1) is 11.3 Å². The van der Waals surface area contributed by atoms with Crippen molar-refractivity contribution in [2.75, 3.05) is 6.54 Å². The zero-order valence-electron chi connectivity index (χ0n) is 6.76. The molecule has 0 bridgehead atoms. The molecule has 1 heterocycles. The lowest BCUT2D eigenvalue weighted by molar-refractivity contribution is 0.0957. The molecule has 66 valence electrons. The monoisotopic (exact) mass is 203 g/mol. The van der Waals surface area contributed by atoms with Gasteiger partial charge in [0, 0.05) is 11.9 Å². The second-order valence-electron chi connectivity index (χ2n) is 2.39. The third-order valence-electron chi connectivity index (χ3n) is 1.33. The maximum Gasteiger partial charge on any atom is 0.261 e. The molecule has 0 spiro atoms. The van der Waals surface area contributed by atoms with Gasteiger partial charge in [0.05, 0.1) is 9.90 Å². The molecule has 0 aliphatic carbocycles. The summed E-state index contributed by atoms with van der Waals surface area (Å²) in [6.45, 7) is 2.73. The third kappa shape index (κ3) is 2.50. The van der Waals surface area contributed by atoms with Gasteiger partial charge in [0.2, 0.25) is 0 Å². The Bertz CT molecular complexity index is 272. The minimum Gasteiger partial charge on any atom is -0.351 e. The van der Waals surface area contributed by atoms with Gasteiger partial charge in [0.25, 0.3) is 5.91 Å². The van der Waals surface area contributed by atoms with Crippen LogP contribution in [0.1, 0.15) is 23.0 Å². The molecule has 1 N–H and O–H groups in total. The van der Waals surface area contributed by atoms with E-state index in [1.54, 1.807) is 11.4 Å². The Morgan fingerprint density at radius 3 is 3.00 bits per heavy atom. The second kappa shape index (κ2) is 4.48. The number of thiophene rings is 1. The highest BCUT2D eigenvalue weighted by Crippen LogP contribution is 2.18. The molecule has 0 unspecified atom stereocenters. The van der Waals surface area contributed by atoms with Crippen LogP contribution in [-0.4, -0.2) is 12.5 Å². The average Bonchev–Trinajstić information content (AvgIpc) is 2.47. The Balaban J connectivity index is 2.53. The third-order valence-corrected chi connectivity index (χ3v) is 2.60. The van der Waals surface area contributed by atoms with Crippen molar-refractivity contribution in [3.8, 4) is 0 Å². The smallest absolute Gasteiger partial charge is 0.261 e. The first-order valence-electron chi connectivity index (χ1n) is 3.76. The first-order chi connectivity index (χ1) is 5.74. The fourth-order valence-electron chi connectivity index (χ4n) is 0.758. The molecule has 0 saturated carbocycles. The summed E-state index contributed by atoms with van der Waals surface area (Å²) in [5.74, 6) is -0.0336. The first kappa shape index (κ1) is 9.55. The molecule has 0 aromatic carbocycles.